The zero-order valence-electron chi connectivity index (χ0n) is 16.1. The summed E-state index contributed by atoms with van der Waals surface area (Å²) in [4.78, 5) is 23.6. The predicted molar refractivity (Wildman–Crippen MR) is 111 cm³/mol. The summed E-state index contributed by atoms with van der Waals surface area (Å²) in [5.41, 5.74) is 5.06. The Morgan fingerprint density at radius 2 is 2.03 bits per heavy atom. The maximum Gasteiger partial charge on any atom is 0.220 e. The summed E-state index contributed by atoms with van der Waals surface area (Å²) in [6, 6.07) is 12.7. The summed E-state index contributed by atoms with van der Waals surface area (Å²) in [7, 11) is 0. The lowest BCUT2D eigenvalue weighted by Gasteiger charge is -2.06. The second-order valence-corrected chi connectivity index (χ2v) is 6.96. The van der Waals surface area contributed by atoms with Crippen molar-refractivity contribution in [1.82, 2.24) is 20.3 Å². The SMILES string of the molecule is Cc1c(-c2ccccc2F)[nH]c2ccc(CNC(=O)CCc3cnccn3)cc12. The number of rotatable bonds is 6. The van der Waals surface area contributed by atoms with Crippen LogP contribution in [0.2, 0.25) is 0 Å². The van der Waals surface area contributed by atoms with Gasteiger partial charge in [0, 0.05) is 48.0 Å². The highest BCUT2D eigenvalue weighted by molar-refractivity contribution is 5.91. The number of aryl methyl sites for hydroxylation is 2. The first-order valence-electron chi connectivity index (χ1n) is 9.49. The van der Waals surface area contributed by atoms with E-state index in [2.05, 4.69) is 20.3 Å². The van der Waals surface area contributed by atoms with Crippen LogP contribution in [-0.4, -0.2) is 20.9 Å². The van der Waals surface area contributed by atoms with Crippen LogP contribution in [0.5, 0.6) is 0 Å². The van der Waals surface area contributed by atoms with Crippen molar-refractivity contribution in [3.05, 3.63) is 83.7 Å². The van der Waals surface area contributed by atoms with Gasteiger partial charge in [-0.3, -0.25) is 14.8 Å². The molecule has 29 heavy (non-hydrogen) atoms. The highest BCUT2D eigenvalue weighted by Crippen LogP contribution is 2.31. The van der Waals surface area contributed by atoms with Crippen LogP contribution in [-0.2, 0) is 17.8 Å². The first kappa shape index (κ1) is 18.8. The third-order valence-electron chi connectivity index (χ3n) is 4.98. The summed E-state index contributed by atoms with van der Waals surface area (Å²) < 4.78 is 14.2. The van der Waals surface area contributed by atoms with Crippen molar-refractivity contribution in [2.24, 2.45) is 0 Å². The Morgan fingerprint density at radius 1 is 1.17 bits per heavy atom. The van der Waals surface area contributed by atoms with Crippen molar-refractivity contribution in [3.63, 3.8) is 0 Å². The van der Waals surface area contributed by atoms with Gasteiger partial charge in [-0.15, -0.1) is 0 Å². The number of nitrogens with one attached hydrogen (secondary N) is 2. The summed E-state index contributed by atoms with van der Waals surface area (Å²) >= 11 is 0. The predicted octanol–water partition coefficient (Wildman–Crippen LogP) is 4.32. The number of aromatic amines is 1. The Kier molecular flexibility index (Phi) is 5.33. The van der Waals surface area contributed by atoms with Crippen LogP contribution >= 0.6 is 0 Å². The number of benzene rings is 2. The highest BCUT2D eigenvalue weighted by atomic mass is 19.1. The second-order valence-electron chi connectivity index (χ2n) is 6.96. The lowest BCUT2D eigenvalue weighted by atomic mass is 10.0. The van der Waals surface area contributed by atoms with Gasteiger partial charge in [0.05, 0.1) is 11.4 Å². The quantitative estimate of drug-likeness (QED) is 0.517. The number of hydrogen-bond donors (Lipinski definition) is 2. The molecule has 0 atom stereocenters. The van der Waals surface area contributed by atoms with Crippen molar-refractivity contribution in [3.8, 4) is 11.3 Å². The smallest absolute Gasteiger partial charge is 0.220 e. The van der Waals surface area contributed by atoms with Gasteiger partial charge in [-0.05, 0) is 48.7 Å². The molecule has 0 aliphatic rings. The third kappa shape index (κ3) is 4.16. The van der Waals surface area contributed by atoms with Gasteiger partial charge >= 0.3 is 0 Å². The Bertz CT molecular complexity index is 1150. The van der Waals surface area contributed by atoms with Gasteiger partial charge in [-0.25, -0.2) is 4.39 Å². The van der Waals surface area contributed by atoms with Crippen molar-refractivity contribution in [2.45, 2.75) is 26.3 Å². The average molecular weight is 388 g/mol. The summed E-state index contributed by atoms with van der Waals surface area (Å²) in [6.07, 6.45) is 5.82. The number of fused-ring (bicyclic) bond motifs is 1. The van der Waals surface area contributed by atoms with E-state index in [4.69, 9.17) is 0 Å². The van der Waals surface area contributed by atoms with E-state index in [0.29, 0.717) is 24.9 Å². The van der Waals surface area contributed by atoms with E-state index in [-0.39, 0.29) is 11.7 Å². The van der Waals surface area contributed by atoms with E-state index in [1.54, 1.807) is 30.7 Å². The Morgan fingerprint density at radius 3 is 2.83 bits per heavy atom. The fourth-order valence-electron chi connectivity index (χ4n) is 3.41. The van der Waals surface area contributed by atoms with Crippen LogP contribution in [0, 0.1) is 12.7 Å². The van der Waals surface area contributed by atoms with Crippen LogP contribution in [0.1, 0.15) is 23.2 Å². The molecule has 0 fully saturated rings. The van der Waals surface area contributed by atoms with Gasteiger partial charge in [0.1, 0.15) is 5.82 Å². The number of nitrogens with zero attached hydrogens (tertiary/aromatic N) is 2. The van der Waals surface area contributed by atoms with E-state index in [1.807, 2.05) is 31.2 Å². The highest BCUT2D eigenvalue weighted by Gasteiger charge is 2.13. The molecule has 6 heteroatoms. The minimum atomic E-state index is -0.252. The first-order valence-corrected chi connectivity index (χ1v) is 9.49. The summed E-state index contributed by atoms with van der Waals surface area (Å²) in [5.74, 6) is -0.286. The van der Waals surface area contributed by atoms with Crippen molar-refractivity contribution < 1.29 is 9.18 Å². The van der Waals surface area contributed by atoms with E-state index in [0.717, 1.165) is 33.4 Å². The number of hydrogen-bond acceptors (Lipinski definition) is 3. The molecule has 2 N–H and O–H groups in total. The largest absolute Gasteiger partial charge is 0.354 e. The van der Waals surface area contributed by atoms with E-state index in [9.17, 15) is 9.18 Å². The second kappa shape index (κ2) is 8.22. The lowest BCUT2D eigenvalue weighted by molar-refractivity contribution is -0.121. The minimum Gasteiger partial charge on any atom is -0.354 e. The molecule has 0 saturated carbocycles. The Balaban J connectivity index is 1.46. The van der Waals surface area contributed by atoms with Crippen LogP contribution < -0.4 is 5.32 Å². The van der Waals surface area contributed by atoms with Gasteiger partial charge in [-0.1, -0.05) is 18.2 Å². The van der Waals surface area contributed by atoms with Gasteiger partial charge in [0.15, 0.2) is 0 Å². The van der Waals surface area contributed by atoms with E-state index < -0.39 is 0 Å². The molecule has 4 aromatic rings. The van der Waals surface area contributed by atoms with Crippen LogP contribution in [0.4, 0.5) is 4.39 Å². The molecule has 2 aromatic heterocycles. The monoisotopic (exact) mass is 388 g/mol. The first-order chi connectivity index (χ1) is 14.1. The molecule has 146 valence electrons. The number of H-pyrrole nitrogens is 1. The van der Waals surface area contributed by atoms with E-state index >= 15 is 0 Å². The maximum absolute atomic E-state index is 14.2. The number of amides is 1. The van der Waals surface area contributed by atoms with Gasteiger partial charge < -0.3 is 10.3 Å². The number of halogens is 1. The molecule has 0 saturated heterocycles. The van der Waals surface area contributed by atoms with Crippen LogP contribution in [0.15, 0.2) is 61.1 Å². The fraction of sp³-hybridized carbons (Fsp3) is 0.174. The molecule has 1 amide bonds. The molecule has 2 heterocycles. The molecule has 4 rings (SSSR count). The molecule has 0 unspecified atom stereocenters. The Labute approximate surface area is 168 Å². The molecule has 0 bridgehead atoms. The topological polar surface area (TPSA) is 70.7 Å². The molecular weight excluding hydrogens is 367 g/mol. The minimum absolute atomic E-state index is 0.0337. The number of carbonyl (C=O) groups is 1. The molecule has 0 spiro atoms. The van der Waals surface area contributed by atoms with Crippen molar-refractivity contribution in [1.29, 1.82) is 0 Å². The fourth-order valence-corrected chi connectivity index (χ4v) is 3.41. The maximum atomic E-state index is 14.2. The molecule has 0 aliphatic heterocycles. The standard InChI is InChI=1S/C23H21FN4O/c1-15-19-12-16(13-27-22(29)9-7-17-14-25-10-11-26-17)6-8-21(19)28-23(15)18-4-2-3-5-20(18)24/h2-6,8,10-12,14,28H,7,9,13H2,1H3,(H,27,29). The summed E-state index contributed by atoms with van der Waals surface area (Å²) in [5, 5.41) is 3.97. The van der Waals surface area contributed by atoms with Gasteiger partial charge in [-0.2, -0.15) is 0 Å². The average Bonchev–Trinajstić information content (AvgIpc) is 3.07. The zero-order chi connectivity index (χ0) is 20.2. The Hall–Kier alpha value is -3.54. The molecule has 0 radical (unpaired) electrons. The van der Waals surface area contributed by atoms with E-state index in [1.165, 1.54) is 6.07 Å². The third-order valence-corrected chi connectivity index (χ3v) is 4.98. The van der Waals surface area contributed by atoms with Crippen LogP contribution in [0.3, 0.4) is 0 Å². The lowest BCUT2D eigenvalue weighted by Crippen LogP contribution is -2.23. The number of aromatic nitrogens is 3. The van der Waals surface area contributed by atoms with Crippen LogP contribution in [0.25, 0.3) is 22.2 Å². The zero-order valence-corrected chi connectivity index (χ0v) is 16.1. The summed E-state index contributed by atoms with van der Waals surface area (Å²) in [6.45, 7) is 2.42. The van der Waals surface area contributed by atoms with Gasteiger partial charge in [0.25, 0.3) is 0 Å². The molecule has 0 aliphatic carbocycles. The molecule has 5 nitrogen and oxygen atoms in total. The molecular formula is C23H21FN4O. The van der Waals surface area contributed by atoms with Crippen molar-refractivity contribution in [2.75, 3.05) is 0 Å². The van der Waals surface area contributed by atoms with Gasteiger partial charge in [0.2, 0.25) is 5.91 Å². The number of carbonyl (C=O) groups excluding carboxylic acids is 1. The normalized spacial score (nSPS) is 11.0. The van der Waals surface area contributed by atoms with Crippen molar-refractivity contribution >= 4 is 16.8 Å². The molecule has 2 aromatic carbocycles.